The van der Waals surface area contributed by atoms with Gasteiger partial charge in [-0.3, -0.25) is 0 Å². The van der Waals surface area contributed by atoms with Gasteiger partial charge >= 0.3 is 0 Å². The Kier molecular flexibility index (Phi) is 5.78. The van der Waals surface area contributed by atoms with Crippen molar-refractivity contribution in [1.29, 1.82) is 0 Å². The fourth-order valence-corrected chi connectivity index (χ4v) is 2.33. The van der Waals surface area contributed by atoms with Crippen molar-refractivity contribution in [2.45, 2.75) is 39.7 Å². The molecule has 1 aromatic heterocycles. The number of halogens is 1. The van der Waals surface area contributed by atoms with Crippen molar-refractivity contribution in [3.8, 4) is 0 Å². The van der Waals surface area contributed by atoms with Gasteiger partial charge in [0.1, 0.15) is 10.9 Å². The van der Waals surface area contributed by atoms with E-state index in [9.17, 15) is 5.11 Å². The van der Waals surface area contributed by atoms with Crippen LogP contribution in [0, 0.1) is 0 Å². The van der Waals surface area contributed by atoms with Crippen molar-refractivity contribution in [2.75, 3.05) is 7.11 Å². The maximum atomic E-state index is 10.3. The number of rotatable bonds is 5. The summed E-state index contributed by atoms with van der Waals surface area (Å²) < 4.78 is 5.43. The lowest BCUT2D eigenvalue weighted by Gasteiger charge is -2.24. The lowest BCUT2D eigenvalue weighted by Crippen LogP contribution is -2.21. The van der Waals surface area contributed by atoms with Crippen LogP contribution in [0.2, 0.25) is 5.15 Å². The van der Waals surface area contributed by atoms with Gasteiger partial charge in [-0.2, -0.15) is 0 Å². The van der Waals surface area contributed by atoms with E-state index in [1.165, 1.54) is 0 Å². The van der Waals surface area contributed by atoms with E-state index in [0.717, 1.165) is 28.9 Å². The number of aromatic nitrogens is 1. The predicted octanol–water partition coefficient (Wildman–Crippen LogP) is 4.31. The van der Waals surface area contributed by atoms with Gasteiger partial charge in [0.05, 0.1) is 12.7 Å². The second-order valence-corrected chi connectivity index (χ2v) is 5.38. The number of aliphatic hydroxyl groups is 1. The van der Waals surface area contributed by atoms with Crippen molar-refractivity contribution < 1.29 is 9.84 Å². The second kappa shape index (κ2) is 6.91. The normalized spacial score (nSPS) is 13.6. The molecule has 0 unspecified atom stereocenters. The van der Waals surface area contributed by atoms with E-state index in [4.69, 9.17) is 16.3 Å². The molecule has 0 spiro atoms. The van der Waals surface area contributed by atoms with E-state index in [1.807, 2.05) is 26.0 Å². The molecule has 0 saturated heterocycles. The molecular formula is C16H22ClNO2. The third-order valence-corrected chi connectivity index (χ3v) is 3.19. The number of hydrogen-bond donors (Lipinski definition) is 1. The lowest BCUT2D eigenvalue weighted by molar-refractivity contribution is 0.143. The Bertz CT molecular complexity index is 528. The van der Waals surface area contributed by atoms with Gasteiger partial charge in [-0.1, -0.05) is 24.6 Å². The summed E-state index contributed by atoms with van der Waals surface area (Å²) in [6, 6.07) is 1.76. The summed E-state index contributed by atoms with van der Waals surface area (Å²) in [6.07, 6.45) is 6.39. The molecule has 0 bridgehead atoms. The minimum absolute atomic E-state index is 0.388. The Morgan fingerprint density at radius 3 is 2.55 bits per heavy atom. The van der Waals surface area contributed by atoms with Crippen molar-refractivity contribution in [2.24, 2.45) is 0 Å². The molecule has 0 aliphatic carbocycles. The summed E-state index contributed by atoms with van der Waals surface area (Å²) in [6.45, 7) is 7.42. The van der Waals surface area contributed by atoms with Gasteiger partial charge in [0, 0.05) is 11.8 Å². The number of nitrogens with zero attached hydrogens (tertiary/aromatic N) is 1. The number of hydrogen-bond acceptors (Lipinski definition) is 3. The molecule has 0 aliphatic rings. The molecule has 4 heteroatoms. The van der Waals surface area contributed by atoms with Gasteiger partial charge < -0.3 is 9.84 Å². The fourth-order valence-electron chi connectivity index (χ4n) is 2.18. The molecular weight excluding hydrogens is 274 g/mol. The quantitative estimate of drug-likeness (QED) is 0.650. The smallest absolute Gasteiger partial charge is 0.129 e. The van der Waals surface area contributed by atoms with Gasteiger partial charge in [-0.05, 0) is 50.5 Å². The maximum absolute atomic E-state index is 10.3. The molecule has 3 nitrogen and oxygen atoms in total. The van der Waals surface area contributed by atoms with Crippen LogP contribution in [0.4, 0.5) is 0 Å². The maximum Gasteiger partial charge on any atom is 0.129 e. The van der Waals surface area contributed by atoms with E-state index in [2.05, 4.69) is 4.98 Å². The van der Waals surface area contributed by atoms with Crippen LogP contribution in [0.15, 0.2) is 24.4 Å². The average molecular weight is 296 g/mol. The monoisotopic (exact) mass is 295 g/mol. The summed E-state index contributed by atoms with van der Waals surface area (Å²) in [4.78, 5) is 4.13. The van der Waals surface area contributed by atoms with Crippen LogP contribution in [-0.2, 0) is 4.74 Å². The Balaban J connectivity index is 3.53. The van der Waals surface area contributed by atoms with E-state index in [-0.39, 0.29) is 0 Å². The zero-order valence-electron chi connectivity index (χ0n) is 12.7. The summed E-state index contributed by atoms with van der Waals surface area (Å²) in [5.41, 5.74) is 1.48. The molecule has 1 heterocycles. The van der Waals surface area contributed by atoms with Crippen molar-refractivity contribution in [3.63, 3.8) is 0 Å². The molecule has 0 atom stereocenters. The van der Waals surface area contributed by atoms with Crippen LogP contribution in [0.5, 0.6) is 0 Å². The highest BCUT2D eigenvalue weighted by atomic mass is 35.5. The molecule has 1 aromatic rings. The third kappa shape index (κ3) is 3.84. The fraction of sp³-hybridized carbons (Fsp3) is 0.438. The van der Waals surface area contributed by atoms with Crippen LogP contribution < -0.4 is 0 Å². The zero-order chi connectivity index (χ0) is 15.3. The van der Waals surface area contributed by atoms with Gasteiger partial charge in [-0.25, -0.2) is 4.98 Å². The lowest BCUT2D eigenvalue weighted by atomic mass is 9.88. The van der Waals surface area contributed by atoms with Gasteiger partial charge in [0.2, 0.25) is 0 Å². The molecule has 20 heavy (non-hydrogen) atoms. The summed E-state index contributed by atoms with van der Waals surface area (Å²) >= 11 is 6.01. The van der Waals surface area contributed by atoms with E-state index >= 15 is 0 Å². The van der Waals surface area contributed by atoms with Crippen LogP contribution in [0.3, 0.4) is 0 Å². The first-order valence-electron chi connectivity index (χ1n) is 6.64. The highest BCUT2D eigenvalue weighted by Gasteiger charge is 2.24. The molecule has 0 radical (unpaired) electrons. The molecule has 1 rings (SSSR count). The minimum Gasteiger partial charge on any atom is -0.496 e. The largest absolute Gasteiger partial charge is 0.496 e. The molecule has 1 N–H and O–H groups in total. The first-order valence-corrected chi connectivity index (χ1v) is 7.02. The van der Waals surface area contributed by atoms with Gasteiger partial charge in [-0.15, -0.1) is 0 Å². The first kappa shape index (κ1) is 16.7. The number of allylic oxidation sites excluding steroid dienone is 2. The van der Waals surface area contributed by atoms with Crippen molar-refractivity contribution >= 4 is 22.9 Å². The molecule has 0 aromatic carbocycles. The van der Waals surface area contributed by atoms with E-state index < -0.39 is 5.60 Å². The van der Waals surface area contributed by atoms with Gasteiger partial charge in [0.25, 0.3) is 0 Å². The van der Waals surface area contributed by atoms with Crippen LogP contribution in [0.1, 0.15) is 45.2 Å². The Morgan fingerprint density at radius 2 is 2.10 bits per heavy atom. The Labute approximate surface area is 125 Å². The molecule has 110 valence electrons. The Morgan fingerprint density at radius 1 is 1.45 bits per heavy atom. The molecule has 0 aliphatic heterocycles. The molecule has 0 amide bonds. The summed E-state index contributed by atoms with van der Waals surface area (Å²) in [7, 11) is 1.62. The first-order chi connectivity index (χ1) is 9.35. The highest BCUT2D eigenvalue weighted by Crippen LogP contribution is 2.33. The standard InChI is InChI=1S/C16H22ClNO2/c1-6-8-14(20-5)12-10-18-15(17)9-11(12)13(7-2)16(3,4)19/h7-10,19H,6H2,1-5H3/b13-7+,14-8-. The van der Waals surface area contributed by atoms with Crippen molar-refractivity contribution in [1.82, 2.24) is 4.98 Å². The molecule has 0 saturated carbocycles. The summed E-state index contributed by atoms with van der Waals surface area (Å²) in [5.74, 6) is 0.732. The number of methoxy groups -OCH3 is 1. The third-order valence-electron chi connectivity index (χ3n) is 2.98. The second-order valence-electron chi connectivity index (χ2n) is 4.99. The number of pyridine rings is 1. The zero-order valence-corrected chi connectivity index (χ0v) is 13.5. The SMILES string of the molecule is C/C=C(\c1cc(Cl)ncc1/C(=C/CC)OC)C(C)(C)O. The van der Waals surface area contributed by atoms with Gasteiger partial charge in [0.15, 0.2) is 0 Å². The number of ether oxygens (including phenoxy) is 1. The Hall–Kier alpha value is -1.32. The highest BCUT2D eigenvalue weighted by molar-refractivity contribution is 6.29. The van der Waals surface area contributed by atoms with Crippen molar-refractivity contribution in [3.05, 3.63) is 40.7 Å². The van der Waals surface area contributed by atoms with Crippen LogP contribution >= 0.6 is 11.6 Å². The van der Waals surface area contributed by atoms with E-state index in [0.29, 0.717) is 5.15 Å². The predicted molar refractivity (Wildman–Crippen MR) is 84.5 cm³/mol. The minimum atomic E-state index is -0.973. The average Bonchev–Trinajstić information content (AvgIpc) is 2.36. The molecule has 0 fully saturated rings. The summed E-state index contributed by atoms with van der Waals surface area (Å²) in [5, 5.41) is 10.7. The van der Waals surface area contributed by atoms with Crippen LogP contribution in [-0.4, -0.2) is 22.8 Å². The van der Waals surface area contributed by atoms with Crippen LogP contribution in [0.25, 0.3) is 11.3 Å². The van der Waals surface area contributed by atoms with E-state index in [1.54, 1.807) is 33.2 Å². The topological polar surface area (TPSA) is 42.4 Å².